The highest BCUT2D eigenvalue weighted by molar-refractivity contribution is 5.51. The van der Waals surface area contributed by atoms with Crippen LogP contribution in [0.25, 0.3) is 6.08 Å². The van der Waals surface area contributed by atoms with Crippen molar-refractivity contribution in [2.75, 3.05) is 6.54 Å². The van der Waals surface area contributed by atoms with Gasteiger partial charge in [0.2, 0.25) is 0 Å². The molecule has 0 atom stereocenters. The van der Waals surface area contributed by atoms with Gasteiger partial charge in [0.25, 0.3) is 0 Å². The number of hydrogen-bond acceptors (Lipinski definition) is 1. The van der Waals surface area contributed by atoms with E-state index in [0.717, 1.165) is 25.1 Å². The maximum Gasteiger partial charge on any atom is 0.130 e. The number of fused-ring (bicyclic) bond motifs is 1. The van der Waals surface area contributed by atoms with Crippen LogP contribution in [0, 0.1) is 5.82 Å². The molecule has 1 aromatic rings. The molecule has 1 aliphatic rings. The maximum absolute atomic E-state index is 13.3. The standard InChI is InChI=1S/C11H12FN/c1-2-8-5-9-3-4-13-7-10(9)6-11(8)12/h2,5-6,13H,1,3-4,7H2. The second-order valence-corrected chi connectivity index (χ2v) is 3.27. The second-order valence-electron chi connectivity index (χ2n) is 3.27. The van der Waals surface area contributed by atoms with Crippen LogP contribution in [0.2, 0.25) is 0 Å². The summed E-state index contributed by atoms with van der Waals surface area (Å²) in [6, 6.07) is 3.51. The van der Waals surface area contributed by atoms with Crippen LogP contribution >= 0.6 is 0 Å². The molecule has 0 unspecified atom stereocenters. The molecular formula is C11H12FN. The van der Waals surface area contributed by atoms with Gasteiger partial charge in [-0.2, -0.15) is 0 Å². The summed E-state index contributed by atoms with van der Waals surface area (Å²) in [6.07, 6.45) is 2.55. The molecule has 1 heterocycles. The molecule has 13 heavy (non-hydrogen) atoms. The van der Waals surface area contributed by atoms with Gasteiger partial charge in [0.15, 0.2) is 0 Å². The molecular weight excluding hydrogens is 165 g/mol. The minimum Gasteiger partial charge on any atom is -0.312 e. The molecule has 0 aliphatic carbocycles. The zero-order valence-corrected chi connectivity index (χ0v) is 7.44. The SMILES string of the molecule is C=Cc1cc2c(cc1F)CNCC2. The highest BCUT2D eigenvalue weighted by Gasteiger charge is 2.11. The van der Waals surface area contributed by atoms with E-state index in [1.165, 1.54) is 5.56 Å². The first-order valence-electron chi connectivity index (χ1n) is 4.45. The molecule has 0 saturated heterocycles. The summed E-state index contributed by atoms with van der Waals surface area (Å²) in [6.45, 7) is 5.35. The Balaban J connectivity index is 2.50. The van der Waals surface area contributed by atoms with Crippen molar-refractivity contribution in [3.8, 4) is 0 Å². The smallest absolute Gasteiger partial charge is 0.130 e. The van der Waals surface area contributed by atoms with Crippen LogP contribution in [-0.4, -0.2) is 6.54 Å². The van der Waals surface area contributed by atoms with Crippen molar-refractivity contribution in [2.24, 2.45) is 0 Å². The number of halogens is 1. The Morgan fingerprint density at radius 2 is 2.23 bits per heavy atom. The Kier molecular flexibility index (Phi) is 2.15. The first-order chi connectivity index (χ1) is 6.31. The molecule has 1 aliphatic heterocycles. The van der Waals surface area contributed by atoms with Gasteiger partial charge >= 0.3 is 0 Å². The third kappa shape index (κ3) is 1.49. The fourth-order valence-corrected chi connectivity index (χ4v) is 1.68. The molecule has 2 heteroatoms. The number of benzene rings is 1. The molecule has 68 valence electrons. The van der Waals surface area contributed by atoms with Crippen molar-refractivity contribution < 1.29 is 4.39 Å². The Morgan fingerprint density at radius 3 is 3.00 bits per heavy atom. The minimum absolute atomic E-state index is 0.169. The number of rotatable bonds is 1. The van der Waals surface area contributed by atoms with Gasteiger partial charge in [0, 0.05) is 12.1 Å². The lowest BCUT2D eigenvalue weighted by molar-refractivity contribution is 0.602. The summed E-state index contributed by atoms with van der Waals surface area (Å²) in [5, 5.41) is 3.21. The van der Waals surface area contributed by atoms with Crippen molar-refractivity contribution >= 4 is 6.08 Å². The fraction of sp³-hybridized carbons (Fsp3) is 0.273. The van der Waals surface area contributed by atoms with Gasteiger partial charge in [-0.25, -0.2) is 4.39 Å². The summed E-state index contributed by atoms with van der Waals surface area (Å²) in [5.41, 5.74) is 2.94. The summed E-state index contributed by atoms with van der Waals surface area (Å²) in [7, 11) is 0. The highest BCUT2D eigenvalue weighted by Crippen LogP contribution is 2.19. The Labute approximate surface area is 77.3 Å². The zero-order valence-electron chi connectivity index (χ0n) is 7.44. The Bertz CT molecular complexity index is 344. The summed E-state index contributed by atoms with van der Waals surface area (Å²) >= 11 is 0. The van der Waals surface area contributed by atoms with E-state index in [1.54, 1.807) is 12.1 Å². The Hall–Kier alpha value is -1.15. The maximum atomic E-state index is 13.3. The van der Waals surface area contributed by atoms with Gasteiger partial charge < -0.3 is 5.32 Å². The van der Waals surface area contributed by atoms with Gasteiger partial charge in [-0.05, 0) is 36.2 Å². The highest BCUT2D eigenvalue weighted by atomic mass is 19.1. The molecule has 1 aromatic carbocycles. The molecule has 0 saturated carbocycles. The van der Waals surface area contributed by atoms with Crippen molar-refractivity contribution in [3.05, 3.63) is 41.2 Å². The number of nitrogens with one attached hydrogen (secondary N) is 1. The lowest BCUT2D eigenvalue weighted by Crippen LogP contribution is -2.23. The zero-order chi connectivity index (χ0) is 9.26. The van der Waals surface area contributed by atoms with Gasteiger partial charge in [-0.15, -0.1) is 0 Å². The lowest BCUT2D eigenvalue weighted by Gasteiger charge is -2.17. The van der Waals surface area contributed by atoms with Crippen LogP contribution in [-0.2, 0) is 13.0 Å². The third-order valence-electron chi connectivity index (χ3n) is 2.43. The fourth-order valence-electron chi connectivity index (χ4n) is 1.68. The van der Waals surface area contributed by atoms with Crippen LogP contribution in [0.3, 0.4) is 0 Å². The molecule has 0 bridgehead atoms. The van der Waals surface area contributed by atoms with E-state index in [-0.39, 0.29) is 5.82 Å². The quantitative estimate of drug-likeness (QED) is 0.692. The van der Waals surface area contributed by atoms with Crippen molar-refractivity contribution in [3.63, 3.8) is 0 Å². The first kappa shape index (κ1) is 8.45. The van der Waals surface area contributed by atoms with E-state index in [4.69, 9.17) is 0 Å². The van der Waals surface area contributed by atoms with E-state index >= 15 is 0 Å². The summed E-state index contributed by atoms with van der Waals surface area (Å²) < 4.78 is 13.3. The predicted octanol–water partition coefficient (Wildman–Crippen LogP) is 2.11. The van der Waals surface area contributed by atoms with Crippen LogP contribution in [0.4, 0.5) is 4.39 Å². The van der Waals surface area contributed by atoms with E-state index in [1.807, 2.05) is 6.07 Å². The molecule has 0 radical (unpaired) electrons. The summed E-state index contributed by atoms with van der Waals surface area (Å²) in [4.78, 5) is 0. The van der Waals surface area contributed by atoms with Gasteiger partial charge in [-0.1, -0.05) is 12.7 Å². The monoisotopic (exact) mass is 177 g/mol. The van der Waals surface area contributed by atoms with Crippen LogP contribution < -0.4 is 5.32 Å². The molecule has 1 N–H and O–H groups in total. The topological polar surface area (TPSA) is 12.0 Å². The average molecular weight is 177 g/mol. The minimum atomic E-state index is -0.169. The molecule has 0 fully saturated rings. The molecule has 2 rings (SSSR count). The normalized spacial score (nSPS) is 15.2. The van der Waals surface area contributed by atoms with E-state index in [9.17, 15) is 4.39 Å². The van der Waals surface area contributed by atoms with Crippen LogP contribution in [0.1, 0.15) is 16.7 Å². The van der Waals surface area contributed by atoms with Crippen LogP contribution in [0.15, 0.2) is 18.7 Å². The third-order valence-corrected chi connectivity index (χ3v) is 2.43. The van der Waals surface area contributed by atoms with E-state index in [0.29, 0.717) is 5.56 Å². The molecule has 0 spiro atoms. The van der Waals surface area contributed by atoms with Gasteiger partial charge in [-0.3, -0.25) is 0 Å². The molecule has 0 aromatic heterocycles. The van der Waals surface area contributed by atoms with Crippen molar-refractivity contribution in [2.45, 2.75) is 13.0 Å². The van der Waals surface area contributed by atoms with Crippen molar-refractivity contribution in [1.82, 2.24) is 5.32 Å². The summed E-state index contributed by atoms with van der Waals surface area (Å²) in [5.74, 6) is -0.169. The molecule has 1 nitrogen and oxygen atoms in total. The van der Waals surface area contributed by atoms with E-state index < -0.39 is 0 Å². The second kappa shape index (κ2) is 3.30. The molecule has 0 amide bonds. The Morgan fingerprint density at radius 1 is 1.38 bits per heavy atom. The first-order valence-corrected chi connectivity index (χ1v) is 4.45. The lowest BCUT2D eigenvalue weighted by atomic mass is 9.98. The van der Waals surface area contributed by atoms with Crippen LogP contribution in [0.5, 0.6) is 0 Å². The van der Waals surface area contributed by atoms with Gasteiger partial charge in [0.1, 0.15) is 5.82 Å². The van der Waals surface area contributed by atoms with E-state index in [2.05, 4.69) is 11.9 Å². The van der Waals surface area contributed by atoms with Gasteiger partial charge in [0.05, 0.1) is 0 Å². The average Bonchev–Trinajstić information content (AvgIpc) is 2.17. The van der Waals surface area contributed by atoms with Crippen molar-refractivity contribution in [1.29, 1.82) is 0 Å². The predicted molar refractivity (Wildman–Crippen MR) is 51.9 cm³/mol. The number of hydrogen-bond donors (Lipinski definition) is 1. The largest absolute Gasteiger partial charge is 0.312 e.